The topological polar surface area (TPSA) is 55.8 Å². The van der Waals surface area contributed by atoms with E-state index in [1.807, 2.05) is 73.7 Å². The summed E-state index contributed by atoms with van der Waals surface area (Å²) in [7, 11) is -0.677. The molecular weight excluding hydrogens is 458 g/mol. The molecule has 178 valence electrons. The third kappa shape index (κ3) is 5.39. The molecule has 0 aliphatic carbocycles. The predicted octanol–water partition coefficient (Wildman–Crippen LogP) is 6.30. The maximum atomic E-state index is 13.9. The van der Waals surface area contributed by atoms with Crippen LogP contribution in [-0.2, 0) is 10.0 Å². The predicted molar refractivity (Wildman–Crippen MR) is 140 cm³/mol. The molecule has 0 fully saturated rings. The molecule has 4 aromatic carbocycles. The molecule has 0 aliphatic heterocycles. The highest BCUT2D eigenvalue weighted by molar-refractivity contribution is 7.93. The van der Waals surface area contributed by atoms with E-state index in [1.165, 1.54) is 4.31 Å². The van der Waals surface area contributed by atoms with E-state index in [-0.39, 0.29) is 4.90 Å². The molecular formula is C29H27NO4S. The van der Waals surface area contributed by atoms with Crippen molar-refractivity contribution in [3.8, 4) is 11.5 Å². The first-order valence-corrected chi connectivity index (χ1v) is 12.5. The maximum absolute atomic E-state index is 13.9. The molecule has 0 atom stereocenters. The standard InChI is InChI=1S/C29H27NO4S/c1-22-9-19-28(20-10-22)35(31,32)30(25-7-5-4-6-8-25)21-29(23-11-15-26(33-2)16-12-23)24-13-17-27(34-3)18-14-24/h4-21H,1-3H3. The Bertz CT molecular complexity index is 1350. The van der Waals surface area contributed by atoms with Gasteiger partial charge in [-0.2, -0.15) is 0 Å². The van der Waals surface area contributed by atoms with Crippen molar-refractivity contribution in [2.75, 3.05) is 18.5 Å². The fraction of sp³-hybridized carbons (Fsp3) is 0.103. The Labute approximate surface area is 206 Å². The Morgan fingerprint density at radius 1 is 0.686 bits per heavy atom. The van der Waals surface area contributed by atoms with Gasteiger partial charge in [-0.1, -0.05) is 60.2 Å². The van der Waals surface area contributed by atoms with Crippen LogP contribution in [0.1, 0.15) is 16.7 Å². The SMILES string of the molecule is COc1ccc(C(=CN(c2ccccc2)S(=O)(=O)c2ccc(C)cc2)c2ccc(OC)cc2)cc1. The summed E-state index contributed by atoms with van der Waals surface area (Å²) in [6.07, 6.45) is 1.67. The van der Waals surface area contributed by atoms with E-state index >= 15 is 0 Å². The number of anilines is 1. The van der Waals surface area contributed by atoms with Gasteiger partial charge in [0, 0.05) is 11.8 Å². The molecule has 0 saturated carbocycles. The summed E-state index contributed by atoms with van der Waals surface area (Å²) >= 11 is 0. The van der Waals surface area contributed by atoms with E-state index in [2.05, 4.69) is 0 Å². The Morgan fingerprint density at radius 3 is 1.63 bits per heavy atom. The lowest BCUT2D eigenvalue weighted by molar-refractivity contribution is 0.414. The summed E-state index contributed by atoms with van der Waals surface area (Å²) in [4.78, 5) is 0.215. The van der Waals surface area contributed by atoms with Crippen LogP contribution in [0, 0.1) is 6.92 Å². The third-order valence-electron chi connectivity index (χ3n) is 5.64. The van der Waals surface area contributed by atoms with Crippen LogP contribution in [-0.4, -0.2) is 22.6 Å². The highest BCUT2D eigenvalue weighted by atomic mass is 32.2. The molecule has 0 amide bonds. The van der Waals surface area contributed by atoms with Gasteiger partial charge in [-0.25, -0.2) is 12.7 Å². The van der Waals surface area contributed by atoms with Gasteiger partial charge in [0.15, 0.2) is 0 Å². The molecule has 5 nitrogen and oxygen atoms in total. The number of hydrogen-bond acceptors (Lipinski definition) is 4. The van der Waals surface area contributed by atoms with Crippen LogP contribution in [0.3, 0.4) is 0 Å². The molecule has 0 N–H and O–H groups in total. The van der Waals surface area contributed by atoms with Crippen LogP contribution >= 0.6 is 0 Å². The van der Waals surface area contributed by atoms with E-state index in [9.17, 15) is 8.42 Å². The number of nitrogens with zero attached hydrogens (tertiary/aromatic N) is 1. The van der Waals surface area contributed by atoms with Gasteiger partial charge >= 0.3 is 0 Å². The fourth-order valence-electron chi connectivity index (χ4n) is 3.66. The number of aryl methyl sites for hydroxylation is 1. The van der Waals surface area contributed by atoms with Crippen molar-refractivity contribution in [2.45, 2.75) is 11.8 Å². The van der Waals surface area contributed by atoms with Crippen molar-refractivity contribution in [1.82, 2.24) is 0 Å². The normalized spacial score (nSPS) is 10.9. The second kappa shape index (κ2) is 10.5. The van der Waals surface area contributed by atoms with E-state index in [4.69, 9.17) is 9.47 Å². The number of hydrogen-bond donors (Lipinski definition) is 0. The molecule has 0 bridgehead atoms. The number of ether oxygens (including phenoxy) is 2. The molecule has 4 aromatic rings. The van der Waals surface area contributed by atoms with Gasteiger partial charge in [0.25, 0.3) is 10.0 Å². The molecule has 0 aliphatic rings. The average molecular weight is 486 g/mol. The Kier molecular flexibility index (Phi) is 7.22. The van der Waals surface area contributed by atoms with E-state index in [0.29, 0.717) is 5.69 Å². The molecule has 0 heterocycles. The average Bonchev–Trinajstić information content (AvgIpc) is 2.90. The van der Waals surface area contributed by atoms with Gasteiger partial charge in [0.05, 0.1) is 24.8 Å². The zero-order valence-electron chi connectivity index (χ0n) is 19.9. The van der Waals surface area contributed by atoms with E-state index < -0.39 is 10.0 Å². The van der Waals surface area contributed by atoms with Crippen molar-refractivity contribution >= 4 is 21.3 Å². The first kappa shape index (κ1) is 24.1. The lowest BCUT2D eigenvalue weighted by Gasteiger charge is -2.23. The molecule has 0 aromatic heterocycles. The van der Waals surface area contributed by atoms with Crippen molar-refractivity contribution in [3.63, 3.8) is 0 Å². The molecule has 6 heteroatoms. The lowest BCUT2D eigenvalue weighted by atomic mass is 9.98. The number of para-hydroxylation sites is 1. The van der Waals surface area contributed by atoms with Gasteiger partial charge in [0.1, 0.15) is 11.5 Å². The quantitative estimate of drug-likeness (QED) is 0.294. The molecule has 0 unspecified atom stereocenters. The van der Waals surface area contributed by atoms with Gasteiger partial charge in [0.2, 0.25) is 0 Å². The minimum absolute atomic E-state index is 0.215. The van der Waals surface area contributed by atoms with Gasteiger partial charge in [-0.15, -0.1) is 0 Å². The smallest absolute Gasteiger partial charge is 0.268 e. The molecule has 35 heavy (non-hydrogen) atoms. The number of rotatable bonds is 8. The first-order valence-electron chi connectivity index (χ1n) is 11.1. The number of methoxy groups -OCH3 is 2. The first-order chi connectivity index (χ1) is 16.9. The van der Waals surface area contributed by atoms with Crippen molar-refractivity contribution in [2.24, 2.45) is 0 Å². The van der Waals surface area contributed by atoms with Crippen LogP contribution in [0.5, 0.6) is 11.5 Å². The zero-order chi connectivity index (χ0) is 24.8. The van der Waals surface area contributed by atoms with Gasteiger partial charge in [-0.05, 0) is 66.6 Å². The molecule has 0 saturated heterocycles. The van der Waals surface area contributed by atoms with Crippen molar-refractivity contribution in [3.05, 3.63) is 126 Å². The van der Waals surface area contributed by atoms with Crippen LogP contribution in [0.15, 0.2) is 114 Å². The summed E-state index contributed by atoms with van der Waals surface area (Å²) in [6.45, 7) is 1.93. The van der Waals surface area contributed by atoms with Crippen LogP contribution in [0.2, 0.25) is 0 Å². The molecule has 4 rings (SSSR count). The summed E-state index contributed by atoms with van der Waals surface area (Å²) in [5.74, 6) is 1.44. The zero-order valence-corrected chi connectivity index (χ0v) is 20.7. The highest BCUT2D eigenvalue weighted by Gasteiger charge is 2.24. The second-order valence-corrected chi connectivity index (χ2v) is 9.76. The van der Waals surface area contributed by atoms with E-state index in [0.717, 1.165) is 33.8 Å². The monoisotopic (exact) mass is 485 g/mol. The molecule has 0 radical (unpaired) electrons. The highest BCUT2D eigenvalue weighted by Crippen LogP contribution is 2.31. The summed E-state index contributed by atoms with van der Waals surface area (Å²) < 4.78 is 39.7. The number of benzene rings is 4. The van der Waals surface area contributed by atoms with Crippen LogP contribution < -0.4 is 13.8 Å². The Hall–Kier alpha value is -4.03. The fourth-order valence-corrected chi connectivity index (χ4v) is 5.01. The van der Waals surface area contributed by atoms with Crippen LogP contribution in [0.4, 0.5) is 5.69 Å². The molecule has 0 spiro atoms. The lowest BCUT2D eigenvalue weighted by Crippen LogP contribution is -2.26. The third-order valence-corrected chi connectivity index (χ3v) is 7.34. The van der Waals surface area contributed by atoms with Gasteiger partial charge in [-0.3, -0.25) is 0 Å². The maximum Gasteiger partial charge on any atom is 0.268 e. The summed E-state index contributed by atoms with van der Waals surface area (Å²) in [5, 5.41) is 0. The second-order valence-electron chi connectivity index (χ2n) is 7.95. The van der Waals surface area contributed by atoms with E-state index in [1.54, 1.807) is 56.8 Å². The summed E-state index contributed by atoms with van der Waals surface area (Å²) in [6, 6.07) is 31.0. The van der Waals surface area contributed by atoms with Crippen molar-refractivity contribution < 1.29 is 17.9 Å². The summed E-state index contributed by atoms with van der Waals surface area (Å²) in [5.41, 5.74) is 3.94. The van der Waals surface area contributed by atoms with Crippen molar-refractivity contribution in [1.29, 1.82) is 0 Å². The Morgan fingerprint density at radius 2 is 1.17 bits per heavy atom. The minimum atomic E-state index is -3.90. The van der Waals surface area contributed by atoms with Gasteiger partial charge < -0.3 is 9.47 Å². The minimum Gasteiger partial charge on any atom is -0.497 e. The Balaban J connectivity index is 1.93. The van der Waals surface area contributed by atoms with Crippen LogP contribution in [0.25, 0.3) is 5.57 Å². The number of sulfonamides is 1. The largest absolute Gasteiger partial charge is 0.497 e.